The van der Waals surface area contributed by atoms with E-state index in [9.17, 15) is 9.59 Å². The summed E-state index contributed by atoms with van der Waals surface area (Å²) >= 11 is 1.44. The van der Waals surface area contributed by atoms with Gasteiger partial charge in [0.25, 0.3) is 5.56 Å². The van der Waals surface area contributed by atoms with Crippen LogP contribution in [0.5, 0.6) is 0 Å². The van der Waals surface area contributed by atoms with E-state index in [1.54, 1.807) is 13.8 Å². The molecule has 0 saturated carbocycles. The molecule has 6 heteroatoms. The summed E-state index contributed by atoms with van der Waals surface area (Å²) in [5.41, 5.74) is 9.35. The lowest BCUT2D eigenvalue weighted by Gasteiger charge is -2.14. The average Bonchev–Trinajstić information content (AvgIpc) is 2.93. The van der Waals surface area contributed by atoms with Gasteiger partial charge in [-0.25, -0.2) is 4.98 Å². The third kappa shape index (κ3) is 2.53. The molecule has 0 fully saturated rings. The van der Waals surface area contributed by atoms with Gasteiger partial charge in [0, 0.05) is 10.9 Å². The van der Waals surface area contributed by atoms with E-state index < -0.39 is 11.9 Å². The Kier molecular flexibility index (Phi) is 4.01. The lowest BCUT2D eigenvalue weighted by molar-refractivity contribution is -0.120. The standard InChI is InChI=1S/C18H19N3O2S/c1-9-5-6-13(7-10(9)2)14-8-24-17-15(14)18(23)21(12(4)20-17)11(3)16(19)22/h5-8,11H,1-4H3,(H2,19,22). The first-order chi connectivity index (χ1) is 11.3. The molecule has 0 aliphatic rings. The summed E-state index contributed by atoms with van der Waals surface area (Å²) in [4.78, 5) is 29.8. The van der Waals surface area contributed by atoms with Crippen LogP contribution in [0.1, 0.15) is 29.9 Å². The number of nitrogens with zero attached hydrogens (tertiary/aromatic N) is 2. The zero-order valence-corrected chi connectivity index (χ0v) is 14.9. The number of carbonyl (C=O) groups excluding carboxylic acids is 1. The summed E-state index contributed by atoms with van der Waals surface area (Å²) in [6, 6.07) is 5.38. The van der Waals surface area contributed by atoms with Gasteiger partial charge in [0.2, 0.25) is 5.91 Å². The van der Waals surface area contributed by atoms with Crippen LogP contribution in [0.25, 0.3) is 21.3 Å². The van der Waals surface area contributed by atoms with Crippen LogP contribution < -0.4 is 11.3 Å². The van der Waals surface area contributed by atoms with Gasteiger partial charge in [-0.3, -0.25) is 14.2 Å². The Hall–Kier alpha value is -2.47. The van der Waals surface area contributed by atoms with Crippen molar-refractivity contribution in [3.05, 3.63) is 50.9 Å². The van der Waals surface area contributed by atoms with Gasteiger partial charge in [-0.05, 0) is 44.4 Å². The number of benzene rings is 1. The highest BCUT2D eigenvalue weighted by Gasteiger charge is 2.21. The minimum atomic E-state index is -0.734. The maximum atomic E-state index is 13.0. The smallest absolute Gasteiger partial charge is 0.263 e. The molecule has 1 aromatic carbocycles. The summed E-state index contributed by atoms with van der Waals surface area (Å²) in [7, 11) is 0. The fourth-order valence-corrected chi connectivity index (χ4v) is 3.79. The molecule has 0 aliphatic carbocycles. The number of hydrogen-bond donors (Lipinski definition) is 1. The van der Waals surface area contributed by atoms with Crippen LogP contribution in [0.4, 0.5) is 0 Å². The molecule has 0 radical (unpaired) electrons. The Morgan fingerprint density at radius 3 is 2.58 bits per heavy atom. The highest BCUT2D eigenvalue weighted by atomic mass is 32.1. The fraction of sp³-hybridized carbons (Fsp3) is 0.278. The number of aromatic nitrogens is 2. The van der Waals surface area contributed by atoms with Crippen molar-refractivity contribution in [3.63, 3.8) is 0 Å². The average molecular weight is 341 g/mol. The Morgan fingerprint density at radius 1 is 1.25 bits per heavy atom. The maximum absolute atomic E-state index is 13.0. The van der Waals surface area contributed by atoms with Crippen molar-refractivity contribution >= 4 is 27.5 Å². The van der Waals surface area contributed by atoms with Gasteiger partial charge < -0.3 is 5.73 Å². The summed E-state index contributed by atoms with van der Waals surface area (Å²) < 4.78 is 1.38. The molecule has 5 nitrogen and oxygen atoms in total. The van der Waals surface area contributed by atoms with Crippen LogP contribution in [-0.2, 0) is 4.79 Å². The zero-order chi connectivity index (χ0) is 17.6. The summed E-state index contributed by atoms with van der Waals surface area (Å²) in [6.45, 7) is 7.43. The molecule has 24 heavy (non-hydrogen) atoms. The van der Waals surface area contributed by atoms with Crippen LogP contribution in [0.2, 0.25) is 0 Å². The monoisotopic (exact) mass is 341 g/mol. The molecule has 2 aromatic heterocycles. The number of amides is 1. The van der Waals surface area contributed by atoms with Gasteiger partial charge in [-0.2, -0.15) is 0 Å². The molecular weight excluding hydrogens is 322 g/mol. The Balaban J connectivity index is 2.32. The number of thiophene rings is 1. The predicted molar refractivity (Wildman–Crippen MR) is 97.4 cm³/mol. The molecule has 3 aromatic rings. The fourth-order valence-electron chi connectivity index (χ4n) is 2.81. The van der Waals surface area contributed by atoms with Crippen LogP contribution >= 0.6 is 11.3 Å². The molecule has 0 spiro atoms. The van der Waals surface area contributed by atoms with E-state index in [1.165, 1.54) is 21.5 Å². The number of hydrogen-bond acceptors (Lipinski definition) is 4. The number of primary amides is 1. The Morgan fingerprint density at radius 2 is 1.96 bits per heavy atom. The molecule has 1 amide bonds. The molecule has 0 bridgehead atoms. The minimum Gasteiger partial charge on any atom is -0.368 e. The second-order valence-corrected chi connectivity index (χ2v) is 6.90. The second kappa shape index (κ2) is 5.87. The molecule has 0 saturated heterocycles. The summed E-state index contributed by atoms with van der Waals surface area (Å²) in [6.07, 6.45) is 0. The van der Waals surface area contributed by atoms with Crippen molar-refractivity contribution < 1.29 is 4.79 Å². The number of carbonyl (C=O) groups is 1. The van der Waals surface area contributed by atoms with E-state index in [1.807, 2.05) is 24.4 Å². The van der Waals surface area contributed by atoms with E-state index in [4.69, 9.17) is 5.73 Å². The van der Waals surface area contributed by atoms with E-state index >= 15 is 0 Å². The van der Waals surface area contributed by atoms with Gasteiger partial charge in [0.15, 0.2) is 0 Å². The predicted octanol–water partition coefficient (Wildman–Crippen LogP) is 3.10. The molecule has 1 unspecified atom stereocenters. The van der Waals surface area contributed by atoms with Crippen molar-refractivity contribution in [1.82, 2.24) is 9.55 Å². The highest BCUT2D eigenvalue weighted by molar-refractivity contribution is 7.17. The van der Waals surface area contributed by atoms with Gasteiger partial charge in [-0.15, -0.1) is 11.3 Å². The second-order valence-electron chi connectivity index (χ2n) is 6.04. The maximum Gasteiger partial charge on any atom is 0.263 e. The quantitative estimate of drug-likeness (QED) is 0.795. The number of aryl methyl sites for hydroxylation is 3. The van der Waals surface area contributed by atoms with Crippen molar-refractivity contribution in [1.29, 1.82) is 0 Å². The number of rotatable bonds is 3. The van der Waals surface area contributed by atoms with E-state index in [2.05, 4.69) is 18.0 Å². The van der Waals surface area contributed by atoms with Crippen LogP contribution in [0, 0.1) is 20.8 Å². The molecule has 2 N–H and O–H groups in total. The van der Waals surface area contributed by atoms with Gasteiger partial charge in [-0.1, -0.05) is 18.2 Å². The van der Waals surface area contributed by atoms with E-state index in [0.717, 1.165) is 16.7 Å². The number of fused-ring (bicyclic) bond motifs is 1. The van der Waals surface area contributed by atoms with E-state index in [0.29, 0.717) is 16.0 Å². The van der Waals surface area contributed by atoms with Crippen molar-refractivity contribution in [2.24, 2.45) is 5.73 Å². The van der Waals surface area contributed by atoms with Crippen LogP contribution in [0.3, 0.4) is 0 Å². The van der Waals surface area contributed by atoms with E-state index in [-0.39, 0.29) is 5.56 Å². The van der Waals surface area contributed by atoms with Gasteiger partial charge in [0.05, 0.1) is 5.39 Å². The number of nitrogens with two attached hydrogens (primary N) is 1. The van der Waals surface area contributed by atoms with Gasteiger partial charge >= 0.3 is 0 Å². The third-order valence-electron chi connectivity index (χ3n) is 4.43. The molecule has 3 rings (SSSR count). The third-order valence-corrected chi connectivity index (χ3v) is 5.31. The Labute approximate surface area is 143 Å². The SMILES string of the molecule is Cc1ccc(-c2csc3nc(C)n(C(C)C(N)=O)c(=O)c23)cc1C. The first-order valence-electron chi connectivity index (χ1n) is 7.68. The lowest BCUT2D eigenvalue weighted by Crippen LogP contribution is -2.34. The molecule has 124 valence electrons. The Bertz CT molecular complexity index is 1020. The minimum absolute atomic E-state index is 0.224. The first-order valence-corrected chi connectivity index (χ1v) is 8.56. The van der Waals surface area contributed by atoms with Crippen molar-refractivity contribution in [2.45, 2.75) is 33.7 Å². The molecule has 1 atom stereocenters. The molecule has 2 heterocycles. The topological polar surface area (TPSA) is 78.0 Å². The largest absolute Gasteiger partial charge is 0.368 e. The zero-order valence-electron chi connectivity index (χ0n) is 14.1. The normalized spacial score (nSPS) is 12.5. The van der Waals surface area contributed by atoms with Crippen LogP contribution in [0.15, 0.2) is 28.4 Å². The molecular formula is C18H19N3O2S. The summed E-state index contributed by atoms with van der Waals surface area (Å²) in [5.74, 6) is -0.0587. The molecule has 0 aliphatic heterocycles. The lowest BCUT2D eigenvalue weighted by atomic mass is 10.0. The van der Waals surface area contributed by atoms with Crippen molar-refractivity contribution in [3.8, 4) is 11.1 Å². The van der Waals surface area contributed by atoms with Crippen LogP contribution in [-0.4, -0.2) is 15.5 Å². The summed E-state index contributed by atoms with van der Waals surface area (Å²) in [5, 5.41) is 2.49. The van der Waals surface area contributed by atoms with Gasteiger partial charge in [0.1, 0.15) is 16.7 Å². The highest BCUT2D eigenvalue weighted by Crippen LogP contribution is 2.32. The van der Waals surface area contributed by atoms with Crippen molar-refractivity contribution in [2.75, 3.05) is 0 Å². The first kappa shape index (κ1) is 16.4.